The zero-order valence-electron chi connectivity index (χ0n) is 15.9. The number of aromatic nitrogens is 4. The number of imidazole rings is 1. The van der Waals surface area contributed by atoms with Crippen LogP contribution in [0.5, 0.6) is 0 Å². The first kappa shape index (κ1) is 19.4. The molecule has 0 bridgehead atoms. The van der Waals surface area contributed by atoms with Gasteiger partial charge in [0.2, 0.25) is 0 Å². The zero-order valence-corrected chi connectivity index (χ0v) is 15.9. The first-order valence-corrected chi connectivity index (χ1v) is 9.19. The van der Waals surface area contributed by atoms with Gasteiger partial charge in [-0.05, 0) is 31.5 Å². The van der Waals surface area contributed by atoms with Crippen molar-refractivity contribution in [2.24, 2.45) is 0 Å². The van der Waals surface area contributed by atoms with Gasteiger partial charge in [0.1, 0.15) is 5.82 Å². The number of aromatic amines is 1. The van der Waals surface area contributed by atoms with Gasteiger partial charge in [-0.3, -0.25) is 4.57 Å². The second-order valence-electron chi connectivity index (χ2n) is 7.08. The number of benzene rings is 1. The summed E-state index contributed by atoms with van der Waals surface area (Å²) in [6.07, 6.45) is -0.715. The molecule has 2 aromatic heterocycles. The van der Waals surface area contributed by atoms with Gasteiger partial charge in [0.05, 0.1) is 35.2 Å². The third kappa shape index (κ3) is 3.48. The number of ether oxygens (including phenoxy) is 1. The van der Waals surface area contributed by atoms with E-state index in [1.54, 1.807) is 20.2 Å². The number of hydrogen-bond donors (Lipinski definition) is 1. The molecule has 0 aliphatic carbocycles. The van der Waals surface area contributed by atoms with E-state index in [0.29, 0.717) is 30.0 Å². The van der Waals surface area contributed by atoms with Crippen LogP contribution in [0.4, 0.5) is 19.0 Å². The Morgan fingerprint density at radius 1 is 1.34 bits per heavy atom. The highest BCUT2D eigenvalue weighted by atomic mass is 19.4. The summed E-state index contributed by atoms with van der Waals surface area (Å²) < 4.78 is 46.7. The van der Waals surface area contributed by atoms with Crippen molar-refractivity contribution < 1.29 is 17.9 Å². The van der Waals surface area contributed by atoms with Crippen molar-refractivity contribution >= 4 is 16.7 Å². The van der Waals surface area contributed by atoms with Gasteiger partial charge in [0.15, 0.2) is 0 Å². The number of fused-ring (bicyclic) bond motifs is 1. The Morgan fingerprint density at radius 3 is 2.76 bits per heavy atom. The maximum atomic E-state index is 13.4. The van der Waals surface area contributed by atoms with Gasteiger partial charge < -0.3 is 14.6 Å². The Bertz CT molecular complexity index is 1080. The molecule has 0 unspecified atom stereocenters. The molecular weight excluding hydrogens is 387 g/mol. The van der Waals surface area contributed by atoms with Gasteiger partial charge in [-0.15, -0.1) is 0 Å². The lowest BCUT2D eigenvalue weighted by Crippen LogP contribution is -2.32. The van der Waals surface area contributed by atoms with Gasteiger partial charge in [-0.25, -0.2) is 9.78 Å². The van der Waals surface area contributed by atoms with Crippen molar-refractivity contribution in [2.45, 2.75) is 31.7 Å². The highest BCUT2D eigenvalue weighted by molar-refractivity contribution is 5.90. The summed E-state index contributed by atoms with van der Waals surface area (Å²) in [6, 6.07) is 2.82. The lowest BCUT2D eigenvalue weighted by Gasteiger charge is -2.23. The van der Waals surface area contributed by atoms with Gasteiger partial charge >= 0.3 is 11.9 Å². The van der Waals surface area contributed by atoms with Crippen LogP contribution >= 0.6 is 0 Å². The highest BCUT2D eigenvalue weighted by Gasteiger charge is 2.32. The number of hydrogen-bond acceptors (Lipinski definition) is 5. The molecule has 7 nitrogen and oxygen atoms in total. The molecule has 3 aromatic rings. The lowest BCUT2D eigenvalue weighted by atomic mass is 10.1. The van der Waals surface area contributed by atoms with E-state index >= 15 is 0 Å². The van der Waals surface area contributed by atoms with Crippen LogP contribution in [0.3, 0.4) is 0 Å². The molecule has 0 amide bonds. The van der Waals surface area contributed by atoms with E-state index in [1.807, 2.05) is 4.90 Å². The van der Waals surface area contributed by atoms with Crippen molar-refractivity contribution in [1.82, 2.24) is 19.5 Å². The highest BCUT2D eigenvalue weighted by Crippen LogP contribution is 2.35. The summed E-state index contributed by atoms with van der Waals surface area (Å²) in [5, 5.41) is 0.483. The van der Waals surface area contributed by atoms with E-state index in [0.717, 1.165) is 18.6 Å². The zero-order chi connectivity index (χ0) is 20.8. The molecule has 154 valence electrons. The fourth-order valence-corrected chi connectivity index (χ4v) is 3.76. The van der Waals surface area contributed by atoms with Gasteiger partial charge in [0, 0.05) is 31.8 Å². The van der Waals surface area contributed by atoms with Crippen LogP contribution in [0.15, 0.2) is 35.5 Å². The summed E-state index contributed by atoms with van der Waals surface area (Å²) in [7, 11) is 1.61. The normalized spacial score (nSPS) is 18.5. The fraction of sp³-hybridized carbons (Fsp3) is 0.421. The van der Waals surface area contributed by atoms with E-state index in [1.165, 1.54) is 17.0 Å². The Hall–Kier alpha value is -2.88. The van der Waals surface area contributed by atoms with Crippen LogP contribution in [0.25, 0.3) is 10.9 Å². The van der Waals surface area contributed by atoms with Crippen molar-refractivity contribution in [3.63, 3.8) is 0 Å². The Kier molecular flexibility index (Phi) is 4.81. The van der Waals surface area contributed by atoms with Crippen molar-refractivity contribution in [1.29, 1.82) is 0 Å². The standard InChI is InChI=1S/C19H20F3N5O2/c1-11(15-8-23-10-24-15)27-16-7-12(19(20,21)22)3-4-14(16)17(25-18(27)28)26-6-5-13(9-26)29-2/h3-4,7-8,10-11,13H,5-6,9H2,1-2H3,(H,23,24)/t11-,13-/m1/s1. The second-order valence-corrected chi connectivity index (χ2v) is 7.08. The summed E-state index contributed by atoms with van der Waals surface area (Å²) in [5.74, 6) is 0.378. The van der Waals surface area contributed by atoms with Gasteiger partial charge in [-0.2, -0.15) is 18.2 Å². The molecule has 1 fully saturated rings. The van der Waals surface area contributed by atoms with Crippen LogP contribution in [0.1, 0.15) is 30.6 Å². The van der Waals surface area contributed by atoms with Crippen LogP contribution in [0.2, 0.25) is 0 Å². The average Bonchev–Trinajstić information content (AvgIpc) is 3.37. The number of rotatable bonds is 4. The molecule has 10 heteroatoms. The molecule has 1 aromatic carbocycles. The van der Waals surface area contributed by atoms with Crippen LogP contribution in [0, 0.1) is 0 Å². The molecule has 1 aliphatic rings. The minimum Gasteiger partial charge on any atom is -0.380 e. The van der Waals surface area contributed by atoms with E-state index in [-0.39, 0.29) is 11.6 Å². The summed E-state index contributed by atoms with van der Waals surface area (Å²) >= 11 is 0. The number of methoxy groups -OCH3 is 1. The Labute approximate surface area is 164 Å². The van der Waals surface area contributed by atoms with E-state index in [2.05, 4.69) is 15.0 Å². The monoisotopic (exact) mass is 407 g/mol. The number of anilines is 1. The lowest BCUT2D eigenvalue weighted by molar-refractivity contribution is -0.137. The minimum atomic E-state index is -4.52. The van der Waals surface area contributed by atoms with E-state index in [4.69, 9.17) is 4.74 Å². The van der Waals surface area contributed by atoms with E-state index in [9.17, 15) is 18.0 Å². The smallest absolute Gasteiger partial charge is 0.380 e. The Balaban J connectivity index is 1.94. The van der Waals surface area contributed by atoms with Crippen molar-refractivity contribution in [3.8, 4) is 0 Å². The van der Waals surface area contributed by atoms with Crippen molar-refractivity contribution in [3.05, 3.63) is 52.5 Å². The van der Waals surface area contributed by atoms with Gasteiger partial charge in [-0.1, -0.05) is 0 Å². The summed E-state index contributed by atoms with van der Waals surface area (Å²) in [5.41, 5.74) is -0.740. The summed E-state index contributed by atoms with van der Waals surface area (Å²) in [4.78, 5) is 26.0. The molecule has 3 heterocycles. The third-order valence-electron chi connectivity index (χ3n) is 5.35. The quantitative estimate of drug-likeness (QED) is 0.720. The van der Waals surface area contributed by atoms with Crippen LogP contribution in [-0.2, 0) is 10.9 Å². The van der Waals surface area contributed by atoms with E-state index < -0.39 is 23.5 Å². The molecule has 0 spiro atoms. The molecule has 1 N–H and O–H groups in total. The number of nitrogens with one attached hydrogen (secondary N) is 1. The maximum absolute atomic E-state index is 13.4. The molecule has 1 saturated heterocycles. The second kappa shape index (κ2) is 7.18. The Morgan fingerprint density at radius 2 is 2.14 bits per heavy atom. The molecule has 2 atom stereocenters. The number of H-pyrrole nitrogens is 1. The maximum Gasteiger partial charge on any atom is 0.416 e. The van der Waals surface area contributed by atoms with Gasteiger partial charge in [0.25, 0.3) is 0 Å². The topological polar surface area (TPSA) is 76.0 Å². The minimum absolute atomic E-state index is 0.00768. The summed E-state index contributed by atoms with van der Waals surface area (Å²) in [6.45, 7) is 2.84. The predicted octanol–water partition coefficient (Wildman–Crippen LogP) is 2.97. The van der Waals surface area contributed by atoms with Crippen LogP contribution < -0.4 is 10.6 Å². The predicted molar refractivity (Wildman–Crippen MR) is 101 cm³/mol. The number of alkyl halides is 3. The largest absolute Gasteiger partial charge is 0.416 e. The van der Waals surface area contributed by atoms with Crippen LogP contribution in [-0.4, -0.2) is 45.8 Å². The molecular formula is C19H20F3N5O2. The molecule has 0 saturated carbocycles. The molecule has 1 aliphatic heterocycles. The fourth-order valence-electron chi connectivity index (χ4n) is 3.76. The first-order chi connectivity index (χ1) is 13.8. The average molecular weight is 407 g/mol. The SMILES string of the molecule is CO[C@@H]1CCN(c2nc(=O)n([C@H](C)c3c[nH]cn3)c3cc(C(F)(F)F)ccc23)C1. The third-order valence-corrected chi connectivity index (χ3v) is 5.35. The first-order valence-electron chi connectivity index (χ1n) is 9.19. The number of nitrogens with zero attached hydrogens (tertiary/aromatic N) is 4. The molecule has 4 rings (SSSR count). The molecule has 0 radical (unpaired) electrons. The van der Waals surface area contributed by atoms with Crippen molar-refractivity contribution in [2.75, 3.05) is 25.1 Å². The number of halogens is 3. The molecule has 29 heavy (non-hydrogen) atoms.